The summed E-state index contributed by atoms with van der Waals surface area (Å²) < 4.78 is 1.78. The molecule has 218 valence electrons. The molecule has 0 bridgehead atoms. The summed E-state index contributed by atoms with van der Waals surface area (Å²) in [7, 11) is 0. The van der Waals surface area contributed by atoms with Crippen LogP contribution in [0.15, 0.2) is 54.6 Å². The van der Waals surface area contributed by atoms with Crippen molar-refractivity contribution in [2.45, 2.75) is 84.0 Å². The number of Topliss-reactive ketones (excluding diaryl/α,β-unsaturated/α-hetero) is 1. The molecule has 1 aliphatic heterocycles. The molecule has 2 amide bonds. The summed E-state index contributed by atoms with van der Waals surface area (Å²) in [4.78, 5) is 26.7. The highest BCUT2D eigenvalue weighted by molar-refractivity contribution is 5.99. The van der Waals surface area contributed by atoms with Crippen LogP contribution in [0.1, 0.15) is 88.5 Å². The molecule has 41 heavy (non-hydrogen) atoms. The van der Waals surface area contributed by atoms with E-state index in [9.17, 15) is 9.59 Å². The van der Waals surface area contributed by atoms with Crippen molar-refractivity contribution >= 4 is 23.3 Å². The van der Waals surface area contributed by atoms with Gasteiger partial charge in [0, 0.05) is 29.5 Å². The van der Waals surface area contributed by atoms with Gasteiger partial charge in [-0.05, 0) is 74.5 Å². The van der Waals surface area contributed by atoms with Crippen molar-refractivity contribution in [1.29, 1.82) is 0 Å². The summed E-state index contributed by atoms with van der Waals surface area (Å²) in [5.41, 5.74) is 4.53. The highest BCUT2D eigenvalue weighted by Crippen LogP contribution is 2.37. The fraction of sp³-hybridized carbons (Fsp3) is 0.500. The van der Waals surface area contributed by atoms with E-state index in [1.54, 1.807) is 4.68 Å². The van der Waals surface area contributed by atoms with E-state index in [-0.39, 0.29) is 17.4 Å². The molecule has 1 aromatic heterocycles. The molecule has 7 heteroatoms. The quantitative estimate of drug-likeness (QED) is 0.271. The van der Waals surface area contributed by atoms with Gasteiger partial charge in [0.25, 0.3) is 0 Å². The number of benzene rings is 2. The zero-order valence-corrected chi connectivity index (χ0v) is 25.0. The molecule has 2 heterocycles. The van der Waals surface area contributed by atoms with Gasteiger partial charge in [-0.1, -0.05) is 76.3 Å². The van der Waals surface area contributed by atoms with Crippen LogP contribution in [0.5, 0.6) is 0 Å². The predicted octanol–water partition coefficient (Wildman–Crippen LogP) is 7.35. The number of amides is 2. The maximum Gasteiger partial charge on any atom is 0.324 e. The number of ketones is 1. The molecule has 2 fully saturated rings. The number of carbonyl (C=O) groups is 2. The number of hydrogen-bond acceptors (Lipinski definition) is 4. The van der Waals surface area contributed by atoms with E-state index in [1.165, 1.54) is 25.7 Å². The molecule has 5 rings (SSSR count). The lowest BCUT2D eigenvalue weighted by Gasteiger charge is -2.31. The normalized spacial score (nSPS) is 17.4. The second-order valence-corrected chi connectivity index (χ2v) is 13.0. The number of urea groups is 1. The molecule has 1 saturated carbocycles. The number of hydrogen-bond donors (Lipinski definition) is 3. The first kappa shape index (κ1) is 29.1. The van der Waals surface area contributed by atoms with E-state index in [2.05, 4.69) is 36.7 Å². The van der Waals surface area contributed by atoms with Gasteiger partial charge in [0.15, 0.2) is 0 Å². The van der Waals surface area contributed by atoms with Gasteiger partial charge in [0.2, 0.25) is 0 Å². The number of nitrogens with zero attached hydrogens (tertiary/aromatic N) is 2. The van der Waals surface area contributed by atoms with Crippen LogP contribution in [0, 0.1) is 18.8 Å². The van der Waals surface area contributed by atoms with Crippen molar-refractivity contribution in [2.24, 2.45) is 11.8 Å². The van der Waals surface area contributed by atoms with Gasteiger partial charge in [-0.15, -0.1) is 0 Å². The first-order valence-corrected chi connectivity index (χ1v) is 15.3. The lowest BCUT2D eigenvalue weighted by molar-refractivity contribution is -0.122. The third-order valence-corrected chi connectivity index (χ3v) is 8.69. The molecule has 1 saturated heterocycles. The predicted molar refractivity (Wildman–Crippen MR) is 166 cm³/mol. The Bertz CT molecular complexity index is 1320. The van der Waals surface area contributed by atoms with Gasteiger partial charge in [-0.25, -0.2) is 9.48 Å². The molecule has 0 spiro atoms. The van der Waals surface area contributed by atoms with Crippen molar-refractivity contribution in [2.75, 3.05) is 23.7 Å². The summed E-state index contributed by atoms with van der Waals surface area (Å²) in [6.07, 6.45) is 7.61. The Kier molecular flexibility index (Phi) is 8.93. The summed E-state index contributed by atoms with van der Waals surface area (Å²) in [6.45, 7) is 10.3. The third kappa shape index (κ3) is 7.25. The van der Waals surface area contributed by atoms with Gasteiger partial charge in [0.05, 0.1) is 11.4 Å². The van der Waals surface area contributed by atoms with Crippen molar-refractivity contribution in [3.05, 3.63) is 71.4 Å². The van der Waals surface area contributed by atoms with Crippen molar-refractivity contribution in [1.82, 2.24) is 15.1 Å². The second-order valence-electron chi connectivity index (χ2n) is 13.0. The number of aryl methyl sites for hydroxylation is 1. The first-order chi connectivity index (χ1) is 19.7. The highest BCUT2D eigenvalue weighted by Gasteiger charge is 2.32. The standard InChI is InChI=1S/C34H45N5O2/c1-23-9-15-28(16-10-23)39-31(22-30(38-39)34(2,3)4)37-33(41)36-27-13-11-25(12-14-27)32(26-17-19-35-20-18-26)29(40)21-24-7-5-6-8-24/h9-16,22,24,26,32,35H,5-8,17-21H2,1-4H3,(H2,36,37,41). The monoisotopic (exact) mass is 555 g/mol. The summed E-state index contributed by atoms with van der Waals surface area (Å²) in [5.74, 6) is 1.84. The highest BCUT2D eigenvalue weighted by atomic mass is 16.2. The van der Waals surface area contributed by atoms with E-state index in [0.29, 0.717) is 35.5 Å². The van der Waals surface area contributed by atoms with Crippen molar-refractivity contribution in [3.63, 3.8) is 0 Å². The number of carbonyl (C=O) groups excluding carboxylic acids is 2. The zero-order valence-electron chi connectivity index (χ0n) is 25.0. The second kappa shape index (κ2) is 12.6. The Morgan fingerprint density at radius 3 is 2.24 bits per heavy atom. The SMILES string of the molecule is Cc1ccc(-n2nc(C(C)(C)C)cc2NC(=O)Nc2ccc(C(C(=O)CC3CCCC3)C3CCNCC3)cc2)cc1. The zero-order chi connectivity index (χ0) is 29.0. The van der Waals surface area contributed by atoms with Gasteiger partial charge in [-0.3, -0.25) is 10.1 Å². The van der Waals surface area contributed by atoms with Gasteiger partial charge >= 0.3 is 6.03 Å². The third-order valence-electron chi connectivity index (χ3n) is 8.69. The minimum Gasteiger partial charge on any atom is -0.317 e. The van der Waals surface area contributed by atoms with Crippen molar-refractivity contribution in [3.8, 4) is 5.69 Å². The van der Waals surface area contributed by atoms with Crippen LogP contribution in [0.3, 0.4) is 0 Å². The van der Waals surface area contributed by atoms with E-state index in [4.69, 9.17) is 5.10 Å². The number of anilines is 2. The van der Waals surface area contributed by atoms with Gasteiger partial charge < -0.3 is 10.6 Å². The summed E-state index contributed by atoms with van der Waals surface area (Å²) in [6, 6.07) is 17.6. The Morgan fingerprint density at radius 1 is 0.951 bits per heavy atom. The maximum atomic E-state index is 13.6. The van der Waals surface area contributed by atoms with Crippen molar-refractivity contribution < 1.29 is 9.59 Å². The molecular weight excluding hydrogens is 510 g/mol. The molecule has 3 aromatic rings. The Morgan fingerprint density at radius 2 is 1.61 bits per heavy atom. The topological polar surface area (TPSA) is 88.1 Å². The van der Waals surface area contributed by atoms with E-state index >= 15 is 0 Å². The minimum atomic E-state index is -0.335. The van der Waals surface area contributed by atoms with Gasteiger partial charge in [0.1, 0.15) is 11.6 Å². The Hall–Kier alpha value is -3.45. The molecule has 1 atom stereocenters. The molecule has 7 nitrogen and oxygen atoms in total. The molecule has 1 aliphatic carbocycles. The maximum absolute atomic E-state index is 13.6. The molecule has 2 aromatic carbocycles. The van der Waals surface area contributed by atoms with Crippen LogP contribution < -0.4 is 16.0 Å². The molecule has 1 unspecified atom stereocenters. The fourth-order valence-electron chi connectivity index (χ4n) is 6.30. The first-order valence-electron chi connectivity index (χ1n) is 15.3. The van der Waals surface area contributed by atoms with Crippen LogP contribution in [-0.4, -0.2) is 34.7 Å². The minimum absolute atomic E-state index is 0.0692. The van der Waals surface area contributed by atoms with E-state index < -0.39 is 0 Å². The number of rotatable bonds is 8. The fourth-order valence-corrected chi connectivity index (χ4v) is 6.30. The lowest BCUT2D eigenvalue weighted by Crippen LogP contribution is -2.34. The van der Waals surface area contributed by atoms with Crippen LogP contribution in [0.25, 0.3) is 5.69 Å². The van der Waals surface area contributed by atoms with Crippen LogP contribution in [0.4, 0.5) is 16.3 Å². The van der Waals surface area contributed by atoms with Crippen LogP contribution in [0.2, 0.25) is 0 Å². The largest absolute Gasteiger partial charge is 0.324 e. The average Bonchev–Trinajstić information content (AvgIpc) is 3.61. The van der Waals surface area contributed by atoms with E-state index in [1.807, 2.05) is 61.5 Å². The summed E-state index contributed by atoms with van der Waals surface area (Å²) >= 11 is 0. The smallest absolute Gasteiger partial charge is 0.317 e. The average molecular weight is 556 g/mol. The van der Waals surface area contributed by atoms with Crippen LogP contribution in [-0.2, 0) is 10.2 Å². The number of aromatic nitrogens is 2. The van der Waals surface area contributed by atoms with Gasteiger partial charge in [-0.2, -0.15) is 5.10 Å². The van der Waals surface area contributed by atoms with Crippen LogP contribution >= 0.6 is 0 Å². The number of piperidine rings is 1. The number of nitrogens with one attached hydrogen (secondary N) is 3. The summed E-state index contributed by atoms with van der Waals surface area (Å²) in [5, 5.41) is 14.2. The Labute approximate surface area is 244 Å². The molecule has 0 radical (unpaired) electrons. The molecule has 2 aliphatic rings. The molecule has 3 N–H and O–H groups in total. The molecular formula is C34H45N5O2. The Balaban J connectivity index is 1.30. The van der Waals surface area contributed by atoms with E-state index in [0.717, 1.165) is 48.4 Å². The lowest BCUT2D eigenvalue weighted by atomic mass is 9.76.